The van der Waals surface area contributed by atoms with E-state index >= 15 is 0 Å². The molecule has 0 heterocycles. The first-order valence-electron chi connectivity index (χ1n) is 7.78. The fraction of sp³-hybridized carbons (Fsp3) is 0.588. The summed E-state index contributed by atoms with van der Waals surface area (Å²) in [5.41, 5.74) is 1.16. The van der Waals surface area contributed by atoms with E-state index in [1.165, 1.54) is 6.42 Å². The van der Waals surface area contributed by atoms with Crippen LogP contribution in [0.15, 0.2) is 29.3 Å². The van der Waals surface area contributed by atoms with E-state index in [4.69, 9.17) is 4.74 Å². The molecule has 2 unspecified atom stereocenters. The summed E-state index contributed by atoms with van der Waals surface area (Å²) in [6.45, 7) is 8.02. The van der Waals surface area contributed by atoms with Crippen LogP contribution in [0, 0.1) is 11.8 Å². The maximum atomic E-state index is 5.87. The van der Waals surface area contributed by atoms with Crippen molar-refractivity contribution in [1.29, 1.82) is 0 Å². The Morgan fingerprint density at radius 3 is 2.71 bits per heavy atom. The van der Waals surface area contributed by atoms with Crippen LogP contribution in [0.5, 0.6) is 5.75 Å². The van der Waals surface area contributed by atoms with Gasteiger partial charge in [-0.2, -0.15) is 0 Å². The van der Waals surface area contributed by atoms with E-state index in [-0.39, 0.29) is 0 Å². The first kappa shape index (κ1) is 15.7. The highest BCUT2D eigenvalue weighted by molar-refractivity contribution is 5.80. The molecule has 0 aliphatic heterocycles. The summed E-state index contributed by atoms with van der Waals surface area (Å²) in [7, 11) is 1.81. The lowest BCUT2D eigenvalue weighted by Gasteiger charge is -2.15. The Kier molecular flexibility index (Phi) is 5.48. The number of nitrogens with zero attached hydrogens (tertiary/aromatic N) is 1. The van der Waals surface area contributed by atoms with Crippen molar-refractivity contribution < 1.29 is 4.74 Å². The van der Waals surface area contributed by atoms with Gasteiger partial charge in [0.2, 0.25) is 0 Å². The van der Waals surface area contributed by atoms with E-state index < -0.39 is 0 Å². The Hall–Kier alpha value is -1.71. The third kappa shape index (κ3) is 4.96. The van der Waals surface area contributed by atoms with Gasteiger partial charge in [-0.05, 0) is 24.3 Å². The SMILES string of the molecule is CN=C(NCc1ccccc1OCC(C)C)NC1CC1C. The quantitative estimate of drug-likeness (QED) is 0.625. The Balaban J connectivity index is 1.89. The molecular formula is C17H27N3O. The predicted octanol–water partition coefficient (Wildman–Crippen LogP) is 2.79. The Bertz CT molecular complexity index is 485. The van der Waals surface area contributed by atoms with Crippen molar-refractivity contribution in [1.82, 2.24) is 10.6 Å². The molecule has 4 nitrogen and oxygen atoms in total. The van der Waals surface area contributed by atoms with Crippen LogP contribution in [0.25, 0.3) is 0 Å². The largest absolute Gasteiger partial charge is 0.493 e. The third-order valence-electron chi connectivity index (χ3n) is 3.65. The number of aliphatic imine (C=N–C) groups is 1. The van der Waals surface area contributed by atoms with Crippen LogP contribution in [0.3, 0.4) is 0 Å². The minimum Gasteiger partial charge on any atom is -0.493 e. The lowest BCUT2D eigenvalue weighted by atomic mass is 10.2. The van der Waals surface area contributed by atoms with Gasteiger partial charge >= 0.3 is 0 Å². The number of hydrogen-bond donors (Lipinski definition) is 2. The molecule has 1 aromatic carbocycles. The van der Waals surface area contributed by atoms with Crippen molar-refractivity contribution in [2.24, 2.45) is 16.8 Å². The maximum absolute atomic E-state index is 5.87. The standard InChI is InChI=1S/C17H27N3O/c1-12(2)11-21-16-8-6-5-7-14(16)10-19-17(18-4)20-15-9-13(15)3/h5-8,12-13,15H,9-11H2,1-4H3,(H2,18,19,20). The van der Waals surface area contributed by atoms with Gasteiger partial charge in [0.1, 0.15) is 5.75 Å². The molecule has 0 radical (unpaired) electrons. The Labute approximate surface area is 128 Å². The fourth-order valence-electron chi connectivity index (χ4n) is 2.12. The van der Waals surface area contributed by atoms with Crippen molar-refractivity contribution in [3.63, 3.8) is 0 Å². The van der Waals surface area contributed by atoms with Gasteiger partial charge in [0, 0.05) is 25.2 Å². The zero-order chi connectivity index (χ0) is 15.2. The number of rotatable bonds is 6. The Morgan fingerprint density at radius 1 is 1.38 bits per heavy atom. The van der Waals surface area contributed by atoms with E-state index in [2.05, 4.69) is 42.5 Å². The molecule has 2 rings (SSSR count). The van der Waals surface area contributed by atoms with Crippen molar-refractivity contribution >= 4 is 5.96 Å². The van der Waals surface area contributed by atoms with Crippen LogP contribution in [0.4, 0.5) is 0 Å². The van der Waals surface area contributed by atoms with Crippen molar-refractivity contribution in [3.05, 3.63) is 29.8 Å². The second-order valence-electron chi connectivity index (χ2n) is 6.20. The van der Waals surface area contributed by atoms with Crippen molar-refractivity contribution in [2.75, 3.05) is 13.7 Å². The molecule has 1 fully saturated rings. The number of benzene rings is 1. The highest BCUT2D eigenvalue weighted by Gasteiger charge is 2.33. The van der Waals surface area contributed by atoms with Crippen LogP contribution in [-0.2, 0) is 6.54 Å². The van der Waals surface area contributed by atoms with Crippen molar-refractivity contribution in [3.8, 4) is 5.75 Å². The molecule has 1 aromatic rings. The third-order valence-corrected chi connectivity index (χ3v) is 3.65. The van der Waals surface area contributed by atoms with Crippen LogP contribution in [-0.4, -0.2) is 25.7 Å². The van der Waals surface area contributed by atoms with Gasteiger partial charge in [-0.15, -0.1) is 0 Å². The van der Waals surface area contributed by atoms with Crippen LogP contribution in [0.2, 0.25) is 0 Å². The van der Waals surface area contributed by atoms with E-state index in [1.807, 2.05) is 25.2 Å². The zero-order valence-electron chi connectivity index (χ0n) is 13.5. The minimum absolute atomic E-state index is 0.525. The summed E-state index contributed by atoms with van der Waals surface area (Å²) >= 11 is 0. The summed E-state index contributed by atoms with van der Waals surface area (Å²) < 4.78 is 5.87. The predicted molar refractivity (Wildman–Crippen MR) is 87.7 cm³/mol. The van der Waals surface area contributed by atoms with Gasteiger partial charge in [-0.25, -0.2) is 0 Å². The minimum atomic E-state index is 0.525. The first-order chi connectivity index (χ1) is 10.1. The van der Waals surface area contributed by atoms with Gasteiger partial charge in [0.05, 0.1) is 6.61 Å². The van der Waals surface area contributed by atoms with Crippen LogP contribution < -0.4 is 15.4 Å². The summed E-state index contributed by atoms with van der Waals surface area (Å²) in [5, 5.41) is 6.79. The molecule has 4 heteroatoms. The molecule has 0 spiro atoms. The average Bonchev–Trinajstić information content (AvgIpc) is 3.17. The first-order valence-corrected chi connectivity index (χ1v) is 7.78. The van der Waals surface area contributed by atoms with Gasteiger partial charge in [-0.3, -0.25) is 4.99 Å². The summed E-state index contributed by atoms with van der Waals surface area (Å²) in [5.74, 6) is 3.10. The van der Waals surface area contributed by atoms with Crippen molar-refractivity contribution in [2.45, 2.75) is 39.8 Å². The van der Waals surface area contributed by atoms with E-state index in [0.29, 0.717) is 12.0 Å². The molecule has 0 saturated heterocycles. The Morgan fingerprint density at radius 2 is 2.10 bits per heavy atom. The molecule has 116 valence electrons. The number of ether oxygens (including phenoxy) is 1. The van der Waals surface area contributed by atoms with E-state index in [1.54, 1.807) is 0 Å². The zero-order valence-corrected chi connectivity index (χ0v) is 13.5. The van der Waals surface area contributed by atoms with Gasteiger partial charge < -0.3 is 15.4 Å². The topological polar surface area (TPSA) is 45.7 Å². The van der Waals surface area contributed by atoms with E-state index in [0.717, 1.165) is 36.3 Å². The molecule has 21 heavy (non-hydrogen) atoms. The molecule has 1 aliphatic carbocycles. The molecule has 2 N–H and O–H groups in total. The summed E-state index contributed by atoms with van der Waals surface area (Å²) in [4.78, 5) is 4.28. The molecule has 0 aromatic heterocycles. The maximum Gasteiger partial charge on any atom is 0.191 e. The van der Waals surface area contributed by atoms with Gasteiger partial charge in [0.25, 0.3) is 0 Å². The lowest BCUT2D eigenvalue weighted by molar-refractivity contribution is 0.268. The molecule has 0 bridgehead atoms. The highest BCUT2D eigenvalue weighted by atomic mass is 16.5. The number of hydrogen-bond acceptors (Lipinski definition) is 2. The molecule has 1 saturated carbocycles. The number of guanidine groups is 1. The van der Waals surface area contributed by atoms with E-state index in [9.17, 15) is 0 Å². The van der Waals surface area contributed by atoms with Gasteiger partial charge in [0.15, 0.2) is 5.96 Å². The average molecular weight is 289 g/mol. The highest BCUT2D eigenvalue weighted by Crippen LogP contribution is 2.28. The fourth-order valence-corrected chi connectivity index (χ4v) is 2.12. The van der Waals surface area contributed by atoms with Crippen LogP contribution in [0.1, 0.15) is 32.8 Å². The molecule has 0 amide bonds. The summed E-state index contributed by atoms with van der Waals surface area (Å²) in [6, 6.07) is 8.74. The lowest BCUT2D eigenvalue weighted by Crippen LogP contribution is -2.38. The van der Waals surface area contributed by atoms with Crippen LogP contribution >= 0.6 is 0 Å². The second-order valence-corrected chi connectivity index (χ2v) is 6.20. The second kappa shape index (κ2) is 7.34. The number of para-hydroxylation sites is 1. The normalized spacial score (nSPS) is 21.3. The number of nitrogens with one attached hydrogen (secondary N) is 2. The summed E-state index contributed by atoms with van der Waals surface area (Å²) in [6.07, 6.45) is 1.23. The molecular weight excluding hydrogens is 262 g/mol. The van der Waals surface area contributed by atoms with Gasteiger partial charge in [-0.1, -0.05) is 39.0 Å². The monoisotopic (exact) mass is 289 g/mol. The molecule has 1 aliphatic rings. The smallest absolute Gasteiger partial charge is 0.191 e. The molecule has 2 atom stereocenters.